The molecule has 3 aliphatic rings. The Kier molecular flexibility index (Phi) is 5.97. The Morgan fingerprint density at radius 3 is 2.32 bits per heavy atom. The van der Waals surface area contributed by atoms with Crippen molar-refractivity contribution in [3.8, 4) is 11.1 Å². The lowest BCUT2D eigenvalue weighted by Crippen LogP contribution is -2.59. The van der Waals surface area contributed by atoms with Gasteiger partial charge in [-0.15, -0.1) is 0 Å². The summed E-state index contributed by atoms with van der Waals surface area (Å²) in [6.07, 6.45) is -1.06. The summed E-state index contributed by atoms with van der Waals surface area (Å²) in [6.45, 7) is 0.567. The van der Waals surface area contributed by atoms with Crippen molar-refractivity contribution in [2.45, 2.75) is 36.4 Å². The molecular formula is C25H26N2O7. The van der Waals surface area contributed by atoms with Crippen molar-refractivity contribution < 1.29 is 33.7 Å². The van der Waals surface area contributed by atoms with E-state index >= 15 is 0 Å². The van der Waals surface area contributed by atoms with Gasteiger partial charge in [-0.1, -0.05) is 48.5 Å². The van der Waals surface area contributed by atoms with Crippen LogP contribution in [-0.2, 0) is 23.8 Å². The molecule has 2 aromatic rings. The molecule has 0 bridgehead atoms. The first kappa shape index (κ1) is 22.4. The molecule has 2 amide bonds. The fraction of sp³-hybridized carbons (Fsp3) is 0.400. The highest BCUT2D eigenvalue weighted by Crippen LogP contribution is 2.44. The van der Waals surface area contributed by atoms with Gasteiger partial charge in [0.1, 0.15) is 6.61 Å². The number of alkyl carbamates (subject to hydrolysis) is 1. The average molecular weight is 466 g/mol. The van der Waals surface area contributed by atoms with Gasteiger partial charge in [0.2, 0.25) is 0 Å². The van der Waals surface area contributed by atoms with Gasteiger partial charge in [-0.25, -0.2) is 9.59 Å². The summed E-state index contributed by atoms with van der Waals surface area (Å²) in [5.41, 5.74) is 3.01. The highest BCUT2D eigenvalue weighted by molar-refractivity contribution is 5.90. The SMILES string of the molecule is O=C(N[C@@H]1CCO[C@@H]1C(=O)NC1(C(=O)O)CCOC1)OCC1c2ccccc2-c2ccccc21. The van der Waals surface area contributed by atoms with Crippen LogP contribution in [0.4, 0.5) is 4.79 Å². The minimum absolute atomic E-state index is 0.0742. The smallest absolute Gasteiger partial charge is 0.407 e. The van der Waals surface area contributed by atoms with Crippen LogP contribution in [0.1, 0.15) is 29.9 Å². The van der Waals surface area contributed by atoms with Crippen molar-refractivity contribution >= 4 is 18.0 Å². The minimum Gasteiger partial charge on any atom is -0.479 e. The summed E-state index contributed by atoms with van der Waals surface area (Å²) in [7, 11) is 0. The lowest BCUT2D eigenvalue weighted by Gasteiger charge is -2.27. The van der Waals surface area contributed by atoms with Gasteiger partial charge in [0, 0.05) is 25.6 Å². The molecule has 3 atom stereocenters. The van der Waals surface area contributed by atoms with Crippen molar-refractivity contribution in [2.75, 3.05) is 26.4 Å². The van der Waals surface area contributed by atoms with Gasteiger partial charge >= 0.3 is 12.1 Å². The maximum atomic E-state index is 12.8. The molecule has 5 rings (SSSR count). The number of hydrogen-bond donors (Lipinski definition) is 3. The first-order valence-electron chi connectivity index (χ1n) is 11.3. The topological polar surface area (TPSA) is 123 Å². The Labute approximate surface area is 196 Å². The third kappa shape index (κ3) is 4.01. The predicted molar refractivity (Wildman–Crippen MR) is 120 cm³/mol. The third-order valence-corrected chi connectivity index (χ3v) is 6.79. The molecule has 2 saturated heterocycles. The van der Waals surface area contributed by atoms with Crippen LogP contribution in [0, 0.1) is 0 Å². The molecule has 2 heterocycles. The molecule has 2 aliphatic heterocycles. The van der Waals surface area contributed by atoms with E-state index in [4.69, 9.17) is 14.2 Å². The average Bonchev–Trinajstić information content (AvgIpc) is 3.56. The van der Waals surface area contributed by atoms with E-state index in [9.17, 15) is 19.5 Å². The van der Waals surface area contributed by atoms with Gasteiger partial charge in [0.05, 0.1) is 12.6 Å². The Balaban J connectivity index is 1.21. The van der Waals surface area contributed by atoms with Crippen LogP contribution in [0.15, 0.2) is 48.5 Å². The molecule has 9 nitrogen and oxygen atoms in total. The number of ether oxygens (including phenoxy) is 3. The van der Waals surface area contributed by atoms with Crippen LogP contribution in [0.25, 0.3) is 11.1 Å². The second kappa shape index (κ2) is 9.08. The van der Waals surface area contributed by atoms with E-state index in [1.54, 1.807) is 0 Å². The maximum absolute atomic E-state index is 12.8. The van der Waals surface area contributed by atoms with Gasteiger partial charge in [0.15, 0.2) is 11.6 Å². The number of carboxylic acid groups (broad SMARTS) is 1. The van der Waals surface area contributed by atoms with Gasteiger partial charge in [-0.3, -0.25) is 4.79 Å². The zero-order valence-electron chi connectivity index (χ0n) is 18.5. The summed E-state index contributed by atoms with van der Waals surface area (Å²) in [5, 5.41) is 14.8. The maximum Gasteiger partial charge on any atom is 0.407 e. The van der Waals surface area contributed by atoms with Crippen LogP contribution >= 0.6 is 0 Å². The molecule has 34 heavy (non-hydrogen) atoms. The van der Waals surface area contributed by atoms with E-state index in [1.807, 2.05) is 36.4 Å². The van der Waals surface area contributed by atoms with E-state index in [0.717, 1.165) is 22.3 Å². The van der Waals surface area contributed by atoms with Gasteiger partial charge in [0.25, 0.3) is 5.91 Å². The van der Waals surface area contributed by atoms with Crippen molar-refractivity contribution in [1.29, 1.82) is 0 Å². The van der Waals surface area contributed by atoms with E-state index in [-0.39, 0.29) is 38.8 Å². The lowest BCUT2D eigenvalue weighted by molar-refractivity contribution is -0.149. The molecule has 2 aromatic carbocycles. The number of benzene rings is 2. The van der Waals surface area contributed by atoms with Crippen molar-refractivity contribution in [1.82, 2.24) is 10.6 Å². The molecular weight excluding hydrogens is 440 g/mol. The van der Waals surface area contributed by atoms with E-state index in [1.165, 1.54) is 0 Å². The largest absolute Gasteiger partial charge is 0.479 e. The van der Waals surface area contributed by atoms with Crippen molar-refractivity contribution in [3.05, 3.63) is 59.7 Å². The fourth-order valence-electron chi connectivity index (χ4n) is 4.98. The molecule has 1 aliphatic carbocycles. The molecule has 3 N–H and O–H groups in total. The Morgan fingerprint density at radius 2 is 1.71 bits per heavy atom. The van der Waals surface area contributed by atoms with Crippen LogP contribution in [0.5, 0.6) is 0 Å². The zero-order chi connectivity index (χ0) is 23.7. The number of carbonyl (C=O) groups excluding carboxylic acids is 2. The molecule has 178 valence electrons. The van der Waals surface area contributed by atoms with E-state index in [2.05, 4.69) is 22.8 Å². The van der Waals surface area contributed by atoms with Crippen molar-refractivity contribution in [2.24, 2.45) is 0 Å². The Bertz CT molecular complexity index is 1070. The highest BCUT2D eigenvalue weighted by atomic mass is 16.6. The first-order chi connectivity index (χ1) is 16.5. The van der Waals surface area contributed by atoms with Gasteiger partial charge < -0.3 is 30.0 Å². The van der Waals surface area contributed by atoms with Crippen molar-refractivity contribution in [3.63, 3.8) is 0 Å². The zero-order valence-corrected chi connectivity index (χ0v) is 18.5. The lowest BCUT2D eigenvalue weighted by atomic mass is 9.98. The monoisotopic (exact) mass is 466 g/mol. The standard InChI is InChI=1S/C25H26N2O7/c28-22(27-25(23(29)30)10-12-32-14-25)21-20(9-11-33-21)26-24(31)34-13-19-17-7-3-1-5-15(17)16-6-2-4-8-18(16)19/h1-8,19-21H,9-14H2,(H,26,31)(H,27,28)(H,29,30)/t20-,21+,25?/m1/s1. The second-order valence-electron chi connectivity index (χ2n) is 8.84. The number of carbonyl (C=O) groups is 3. The number of hydrogen-bond acceptors (Lipinski definition) is 6. The van der Waals surface area contributed by atoms with E-state index in [0.29, 0.717) is 6.42 Å². The molecule has 0 spiro atoms. The van der Waals surface area contributed by atoms with Crippen LogP contribution < -0.4 is 10.6 Å². The number of amides is 2. The normalized spacial score (nSPS) is 25.4. The minimum atomic E-state index is -1.47. The molecule has 2 fully saturated rings. The van der Waals surface area contributed by atoms with E-state index < -0.39 is 35.7 Å². The number of fused-ring (bicyclic) bond motifs is 3. The fourth-order valence-corrected chi connectivity index (χ4v) is 4.98. The highest BCUT2D eigenvalue weighted by Gasteiger charge is 2.47. The molecule has 0 radical (unpaired) electrons. The Morgan fingerprint density at radius 1 is 1.03 bits per heavy atom. The predicted octanol–water partition coefficient (Wildman–Crippen LogP) is 2.04. The number of rotatable bonds is 6. The quantitative estimate of drug-likeness (QED) is 0.595. The summed E-state index contributed by atoms with van der Waals surface area (Å²) < 4.78 is 16.3. The van der Waals surface area contributed by atoms with Gasteiger partial charge in [-0.2, -0.15) is 0 Å². The Hall–Kier alpha value is -3.43. The van der Waals surface area contributed by atoms with Crippen LogP contribution in [0.2, 0.25) is 0 Å². The number of carboxylic acids is 1. The van der Waals surface area contributed by atoms with Gasteiger partial charge in [-0.05, 0) is 28.7 Å². The summed E-state index contributed by atoms with van der Waals surface area (Å²) >= 11 is 0. The van der Waals surface area contributed by atoms with Crippen LogP contribution in [-0.4, -0.2) is 67.2 Å². The molecule has 0 saturated carbocycles. The number of nitrogens with one attached hydrogen (secondary N) is 2. The molecule has 1 unspecified atom stereocenters. The number of aliphatic carboxylic acids is 1. The second-order valence-corrected chi connectivity index (χ2v) is 8.84. The summed E-state index contributed by atoms with van der Waals surface area (Å²) in [6, 6.07) is 15.5. The first-order valence-corrected chi connectivity index (χ1v) is 11.3. The summed E-state index contributed by atoms with van der Waals surface area (Å²) in [4.78, 5) is 37.1. The molecule has 0 aromatic heterocycles. The summed E-state index contributed by atoms with van der Waals surface area (Å²) in [5.74, 6) is -1.82. The van der Waals surface area contributed by atoms with Crippen LogP contribution in [0.3, 0.4) is 0 Å². The molecule has 9 heteroatoms. The third-order valence-electron chi connectivity index (χ3n) is 6.79.